The Balaban J connectivity index is 1.88. The summed E-state index contributed by atoms with van der Waals surface area (Å²) in [5.74, 6) is 0. The van der Waals surface area contributed by atoms with E-state index < -0.39 is 0 Å². The summed E-state index contributed by atoms with van der Waals surface area (Å²) in [4.78, 5) is 0. The molecule has 3 radical (unpaired) electrons. The van der Waals surface area contributed by atoms with Crippen molar-refractivity contribution >= 4 is 0 Å². The van der Waals surface area contributed by atoms with Crippen LogP contribution in [0.15, 0.2) is 0 Å². The zero-order chi connectivity index (χ0) is 4.41. The number of epoxide rings is 1. The first kappa shape index (κ1) is 4.09. The first-order valence-corrected chi connectivity index (χ1v) is 1.83. The second-order valence-corrected chi connectivity index (χ2v) is 1.27. The largest absolute Gasteiger partial charge is 0.371 e. The fourth-order valence-electron chi connectivity index (χ4n) is 0.257. The zero-order valence-corrected chi connectivity index (χ0v) is 3.31. The number of hydrogen-bond donors (Lipinski definition) is 0. The van der Waals surface area contributed by atoms with Gasteiger partial charge in [-0.05, 0) is 0 Å². The van der Waals surface area contributed by atoms with Gasteiger partial charge in [0.05, 0.1) is 13.2 Å². The van der Waals surface area contributed by atoms with Crippen LogP contribution in [0.1, 0.15) is 0 Å². The fourth-order valence-corrected chi connectivity index (χ4v) is 0.257. The van der Waals surface area contributed by atoms with Crippen LogP contribution < -0.4 is 0 Å². The maximum absolute atomic E-state index is 6.19. The van der Waals surface area contributed by atoms with Gasteiger partial charge in [-0.2, -0.15) is 0 Å². The van der Waals surface area contributed by atoms with Gasteiger partial charge >= 0.3 is 0 Å². The third-order valence-corrected chi connectivity index (χ3v) is 0.672. The molecule has 2 nitrogen and oxygen atoms in total. The maximum atomic E-state index is 6.19. The highest BCUT2D eigenvalue weighted by Gasteiger charge is 2.21. The van der Waals surface area contributed by atoms with Crippen molar-refractivity contribution in [1.82, 2.24) is 0 Å². The van der Waals surface area contributed by atoms with Crippen LogP contribution in [0.2, 0.25) is 0 Å². The summed E-state index contributed by atoms with van der Waals surface area (Å²) < 4.78 is 8.69. The summed E-state index contributed by atoms with van der Waals surface area (Å²) in [6.45, 7) is 1.21. The van der Waals surface area contributed by atoms with Crippen LogP contribution in [0.3, 0.4) is 0 Å². The molecule has 0 bridgehead atoms. The van der Waals surface area contributed by atoms with Crippen LogP contribution in [0.4, 0.5) is 0 Å². The summed E-state index contributed by atoms with van der Waals surface area (Å²) in [5.41, 5.74) is 0. The van der Waals surface area contributed by atoms with Gasteiger partial charge in [0.15, 0.2) is 7.11 Å². The summed E-state index contributed by atoms with van der Waals surface area (Å²) in [6, 6.07) is 0. The lowest BCUT2D eigenvalue weighted by molar-refractivity contribution is 0.206. The Labute approximate surface area is 37.1 Å². The molecule has 0 aromatic carbocycles. The van der Waals surface area contributed by atoms with E-state index in [1.807, 2.05) is 0 Å². The van der Waals surface area contributed by atoms with E-state index in [-0.39, 0.29) is 6.10 Å². The normalized spacial score (nSPS) is 30.5. The van der Waals surface area contributed by atoms with E-state index in [0.717, 1.165) is 6.61 Å². The second kappa shape index (κ2) is 1.58. The van der Waals surface area contributed by atoms with Gasteiger partial charge in [0.2, 0.25) is 0 Å². The minimum atomic E-state index is 0.238. The van der Waals surface area contributed by atoms with E-state index in [1.165, 1.54) is 0 Å². The molecule has 0 N–H and O–H groups in total. The molecule has 1 heterocycles. The van der Waals surface area contributed by atoms with Gasteiger partial charge in [-0.1, -0.05) is 0 Å². The molecular weight excluding hydrogens is 80.0 g/mol. The first-order valence-electron chi connectivity index (χ1n) is 1.83. The number of ether oxygens (including phenoxy) is 2. The van der Waals surface area contributed by atoms with E-state index in [0.29, 0.717) is 6.61 Å². The smallest absolute Gasteiger partial charge is 0.173 e. The molecule has 0 aromatic heterocycles. The van der Waals surface area contributed by atoms with Crippen LogP contribution in [0, 0.1) is 7.11 Å². The van der Waals surface area contributed by atoms with Crippen LogP contribution in [-0.4, -0.2) is 19.3 Å². The van der Waals surface area contributed by atoms with E-state index in [2.05, 4.69) is 4.74 Å². The van der Waals surface area contributed by atoms with Crippen molar-refractivity contribution in [3.05, 3.63) is 7.11 Å². The Morgan fingerprint density at radius 1 is 2.00 bits per heavy atom. The third-order valence-electron chi connectivity index (χ3n) is 0.672. The molecule has 1 saturated heterocycles. The highest BCUT2D eigenvalue weighted by molar-refractivity contribution is 4.66. The molecule has 1 atom stereocenters. The topological polar surface area (TPSA) is 21.8 Å². The lowest BCUT2D eigenvalue weighted by Gasteiger charge is -1.82. The molecule has 0 aromatic rings. The molecule has 0 saturated carbocycles. The van der Waals surface area contributed by atoms with Crippen LogP contribution in [-0.2, 0) is 9.47 Å². The Bertz CT molecular complexity index is 40.8. The zero-order valence-electron chi connectivity index (χ0n) is 3.31. The predicted octanol–water partition coefficient (Wildman–Crippen LogP) is -0.0526. The summed E-state index contributed by atoms with van der Waals surface area (Å²) in [6.07, 6.45) is 0.238. The van der Waals surface area contributed by atoms with Gasteiger partial charge in [0.1, 0.15) is 6.10 Å². The molecule has 0 amide bonds. The summed E-state index contributed by atoms with van der Waals surface area (Å²) in [7, 11) is 6.19. The van der Waals surface area contributed by atoms with Gasteiger partial charge in [0, 0.05) is 0 Å². The van der Waals surface area contributed by atoms with Crippen molar-refractivity contribution in [3.8, 4) is 0 Å². The van der Waals surface area contributed by atoms with Crippen LogP contribution in [0.5, 0.6) is 0 Å². The van der Waals surface area contributed by atoms with Crippen LogP contribution in [0.25, 0.3) is 0 Å². The molecular formula is C4H5O2. The molecule has 0 aliphatic carbocycles. The number of rotatable bonds is 2. The van der Waals surface area contributed by atoms with Crippen molar-refractivity contribution in [2.24, 2.45) is 0 Å². The molecule has 1 aliphatic heterocycles. The van der Waals surface area contributed by atoms with Gasteiger partial charge in [0.25, 0.3) is 0 Å². The molecule has 0 spiro atoms. The van der Waals surface area contributed by atoms with E-state index in [4.69, 9.17) is 11.8 Å². The molecule has 1 aliphatic rings. The quantitative estimate of drug-likeness (QED) is 0.438. The minimum absolute atomic E-state index is 0.238. The molecule has 33 valence electrons. The SMILES string of the molecule is [C]OCC1CO1. The van der Waals surface area contributed by atoms with Gasteiger partial charge in [-0.3, -0.25) is 0 Å². The van der Waals surface area contributed by atoms with E-state index in [9.17, 15) is 0 Å². The fraction of sp³-hybridized carbons (Fsp3) is 0.750. The standard InChI is InChI=1S/C4H5O2/c1-5-2-4-3-6-4/h4H,2-3H2. The molecule has 1 unspecified atom stereocenters. The number of hydrogen-bond acceptors (Lipinski definition) is 2. The predicted molar refractivity (Wildman–Crippen MR) is 18.9 cm³/mol. The van der Waals surface area contributed by atoms with Gasteiger partial charge in [-0.15, -0.1) is 0 Å². The minimum Gasteiger partial charge on any atom is -0.371 e. The van der Waals surface area contributed by atoms with E-state index in [1.54, 1.807) is 0 Å². The lowest BCUT2D eigenvalue weighted by Crippen LogP contribution is -1.93. The molecule has 2 heteroatoms. The summed E-state index contributed by atoms with van der Waals surface area (Å²) in [5, 5.41) is 0. The van der Waals surface area contributed by atoms with Crippen molar-refractivity contribution in [2.75, 3.05) is 13.2 Å². The molecule has 1 fully saturated rings. The van der Waals surface area contributed by atoms with Crippen molar-refractivity contribution in [3.63, 3.8) is 0 Å². The Morgan fingerprint density at radius 3 is 2.83 bits per heavy atom. The maximum Gasteiger partial charge on any atom is 0.173 e. The molecule has 1 rings (SSSR count). The Hall–Kier alpha value is -0.0800. The average Bonchev–Trinajstić information content (AvgIpc) is 2.21. The monoisotopic (exact) mass is 85.0 g/mol. The lowest BCUT2D eigenvalue weighted by atomic mass is 10.5. The van der Waals surface area contributed by atoms with Crippen molar-refractivity contribution in [1.29, 1.82) is 0 Å². The van der Waals surface area contributed by atoms with Crippen LogP contribution >= 0.6 is 0 Å². The third kappa shape index (κ3) is 0.954. The second-order valence-electron chi connectivity index (χ2n) is 1.27. The average molecular weight is 85.1 g/mol. The molecule has 6 heavy (non-hydrogen) atoms. The Kier molecular flexibility index (Phi) is 1.08. The van der Waals surface area contributed by atoms with Gasteiger partial charge in [-0.25, -0.2) is 0 Å². The van der Waals surface area contributed by atoms with E-state index >= 15 is 0 Å². The Morgan fingerprint density at radius 2 is 2.67 bits per heavy atom. The highest BCUT2D eigenvalue weighted by atomic mass is 16.6. The van der Waals surface area contributed by atoms with Crippen molar-refractivity contribution < 1.29 is 9.47 Å². The first-order chi connectivity index (χ1) is 2.93. The van der Waals surface area contributed by atoms with Crippen molar-refractivity contribution in [2.45, 2.75) is 6.10 Å². The highest BCUT2D eigenvalue weighted by Crippen LogP contribution is 2.07. The summed E-state index contributed by atoms with van der Waals surface area (Å²) >= 11 is 0. The van der Waals surface area contributed by atoms with Gasteiger partial charge < -0.3 is 9.47 Å².